The Morgan fingerprint density at radius 3 is 2.64 bits per heavy atom. The molecule has 3 saturated carbocycles. The van der Waals surface area contributed by atoms with Crippen LogP contribution in [0.5, 0.6) is 0 Å². The van der Waals surface area contributed by atoms with Gasteiger partial charge in [0.2, 0.25) is 0 Å². The molecule has 0 aromatic carbocycles. The third-order valence-corrected chi connectivity index (χ3v) is 8.32. The molecule has 136 valence electrons. The SMILES string of the molecule is C[C@]12C=C(C=O)C(=O)C=C1CC[C@H]1[C@H]2[C@@H](O)C[C@]2(C)[C@@H]1CC[C@]2(C)O. The number of hydrogen-bond acceptors (Lipinski definition) is 4. The van der Waals surface area contributed by atoms with Crippen molar-refractivity contribution in [1.29, 1.82) is 0 Å². The summed E-state index contributed by atoms with van der Waals surface area (Å²) in [6.45, 7) is 6.12. The molecule has 0 radical (unpaired) electrons. The Morgan fingerprint density at radius 2 is 1.96 bits per heavy atom. The fourth-order valence-electron chi connectivity index (χ4n) is 6.77. The number of fused-ring (bicyclic) bond motifs is 5. The van der Waals surface area contributed by atoms with E-state index in [4.69, 9.17) is 0 Å². The first kappa shape index (κ1) is 17.2. The minimum absolute atomic E-state index is 0.00234. The molecule has 7 atom stereocenters. The zero-order chi connectivity index (χ0) is 18.2. The number of ketones is 1. The van der Waals surface area contributed by atoms with E-state index in [1.54, 1.807) is 6.08 Å². The third kappa shape index (κ3) is 2.07. The van der Waals surface area contributed by atoms with Crippen molar-refractivity contribution in [2.45, 2.75) is 64.6 Å². The van der Waals surface area contributed by atoms with Gasteiger partial charge in [-0.2, -0.15) is 0 Å². The second-order valence-electron chi connectivity index (χ2n) is 9.37. The lowest BCUT2D eigenvalue weighted by molar-refractivity contribution is -0.158. The van der Waals surface area contributed by atoms with Crippen LogP contribution < -0.4 is 0 Å². The van der Waals surface area contributed by atoms with Crippen molar-refractivity contribution >= 4 is 12.1 Å². The molecule has 0 unspecified atom stereocenters. The van der Waals surface area contributed by atoms with Crippen LogP contribution in [-0.4, -0.2) is 34.0 Å². The Labute approximate surface area is 149 Å². The highest BCUT2D eigenvalue weighted by molar-refractivity contribution is 6.18. The third-order valence-electron chi connectivity index (χ3n) is 8.32. The van der Waals surface area contributed by atoms with Crippen molar-refractivity contribution in [3.05, 3.63) is 23.3 Å². The molecule has 4 aliphatic carbocycles. The maximum atomic E-state index is 12.1. The number of rotatable bonds is 1. The molecule has 4 heteroatoms. The lowest BCUT2D eigenvalue weighted by Crippen LogP contribution is -2.58. The van der Waals surface area contributed by atoms with Gasteiger partial charge in [-0.25, -0.2) is 0 Å². The number of aldehydes is 1. The summed E-state index contributed by atoms with van der Waals surface area (Å²) in [5, 5.41) is 22.1. The van der Waals surface area contributed by atoms with Gasteiger partial charge in [0.05, 0.1) is 17.3 Å². The van der Waals surface area contributed by atoms with E-state index in [0.29, 0.717) is 24.5 Å². The second kappa shape index (κ2) is 5.14. The van der Waals surface area contributed by atoms with Crippen LogP contribution in [0.4, 0.5) is 0 Å². The second-order valence-corrected chi connectivity index (χ2v) is 9.37. The molecule has 0 aromatic rings. The van der Waals surface area contributed by atoms with Crippen molar-refractivity contribution in [3.8, 4) is 0 Å². The van der Waals surface area contributed by atoms with Gasteiger partial charge in [0.15, 0.2) is 12.1 Å². The highest BCUT2D eigenvalue weighted by Crippen LogP contribution is 2.66. The standard InChI is InChI=1S/C21H28O4/c1-19-9-12(11-22)16(23)8-13(19)4-5-14-15-6-7-21(3,25)20(15,2)10-17(24)18(14)19/h8-9,11,14-15,17-18,24-25H,4-7,10H2,1-3H3/t14-,15-,17+,18+,19+,20-,21+/m1/s1. The number of carbonyl (C=O) groups excluding carboxylic acids is 2. The van der Waals surface area contributed by atoms with Crippen molar-refractivity contribution in [1.82, 2.24) is 0 Å². The highest BCUT2D eigenvalue weighted by atomic mass is 16.3. The van der Waals surface area contributed by atoms with E-state index < -0.39 is 17.1 Å². The van der Waals surface area contributed by atoms with Gasteiger partial charge in [0, 0.05) is 16.7 Å². The first-order valence-corrected chi connectivity index (χ1v) is 9.48. The zero-order valence-corrected chi connectivity index (χ0v) is 15.3. The quantitative estimate of drug-likeness (QED) is 0.566. The molecule has 0 spiro atoms. The van der Waals surface area contributed by atoms with E-state index in [9.17, 15) is 19.8 Å². The number of allylic oxidation sites excluding steroid dienone is 4. The fraction of sp³-hybridized carbons (Fsp3) is 0.714. The van der Waals surface area contributed by atoms with Crippen LogP contribution in [0.3, 0.4) is 0 Å². The topological polar surface area (TPSA) is 74.6 Å². The zero-order valence-electron chi connectivity index (χ0n) is 15.3. The molecule has 2 N–H and O–H groups in total. The average molecular weight is 344 g/mol. The Kier molecular flexibility index (Phi) is 3.53. The summed E-state index contributed by atoms with van der Waals surface area (Å²) in [7, 11) is 0. The fourth-order valence-corrected chi connectivity index (χ4v) is 6.77. The van der Waals surface area contributed by atoms with Gasteiger partial charge >= 0.3 is 0 Å². The molecule has 0 aromatic heterocycles. The molecular formula is C21H28O4. The summed E-state index contributed by atoms with van der Waals surface area (Å²) in [4.78, 5) is 23.4. The normalized spacial score (nSPS) is 51.8. The number of aliphatic hydroxyl groups excluding tert-OH is 1. The van der Waals surface area contributed by atoms with Crippen LogP contribution in [0.15, 0.2) is 23.3 Å². The molecular weight excluding hydrogens is 316 g/mol. The van der Waals surface area contributed by atoms with Crippen molar-refractivity contribution in [3.63, 3.8) is 0 Å². The summed E-state index contributed by atoms with van der Waals surface area (Å²) in [6, 6.07) is 0. The van der Waals surface area contributed by atoms with Gasteiger partial charge in [-0.15, -0.1) is 0 Å². The van der Waals surface area contributed by atoms with Crippen molar-refractivity contribution in [2.24, 2.45) is 28.6 Å². The summed E-state index contributed by atoms with van der Waals surface area (Å²) in [5.74, 6) is 0.476. The molecule has 0 aliphatic heterocycles. The Morgan fingerprint density at radius 1 is 1.24 bits per heavy atom. The summed E-state index contributed by atoms with van der Waals surface area (Å²) < 4.78 is 0. The number of aliphatic hydroxyl groups is 2. The van der Waals surface area contributed by atoms with Crippen LogP contribution in [-0.2, 0) is 9.59 Å². The first-order valence-electron chi connectivity index (χ1n) is 9.48. The molecule has 0 bridgehead atoms. The first-order chi connectivity index (χ1) is 11.6. The van der Waals surface area contributed by atoms with E-state index in [1.165, 1.54) is 0 Å². The minimum atomic E-state index is -0.743. The van der Waals surface area contributed by atoms with Crippen LogP contribution in [0, 0.1) is 28.6 Å². The smallest absolute Gasteiger partial charge is 0.188 e. The van der Waals surface area contributed by atoms with E-state index in [2.05, 4.69) is 13.8 Å². The lowest BCUT2D eigenvalue weighted by atomic mass is 9.46. The number of hydrogen-bond donors (Lipinski definition) is 2. The van der Waals surface area contributed by atoms with Gasteiger partial charge in [-0.05, 0) is 56.9 Å². The van der Waals surface area contributed by atoms with Crippen molar-refractivity contribution < 1.29 is 19.8 Å². The van der Waals surface area contributed by atoms with Gasteiger partial charge in [0.1, 0.15) is 0 Å². The van der Waals surface area contributed by atoms with Gasteiger partial charge in [-0.3, -0.25) is 9.59 Å². The molecule has 3 fully saturated rings. The minimum Gasteiger partial charge on any atom is -0.393 e. The highest BCUT2D eigenvalue weighted by Gasteiger charge is 2.64. The number of carbonyl (C=O) groups is 2. The summed E-state index contributed by atoms with van der Waals surface area (Å²) in [6.07, 6.45) is 7.65. The Balaban J connectivity index is 1.79. The van der Waals surface area contributed by atoms with E-state index >= 15 is 0 Å². The maximum absolute atomic E-state index is 12.1. The van der Waals surface area contributed by atoms with Crippen LogP contribution in [0.2, 0.25) is 0 Å². The van der Waals surface area contributed by atoms with E-state index in [1.807, 2.05) is 13.0 Å². The molecule has 25 heavy (non-hydrogen) atoms. The van der Waals surface area contributed by atoms with Gasteiger partial charge in [-0.1, -0.05) is 25.5 Å². The van der Waals surface area contributed by atoms with E-state index in [0.717, 1.165) is 31.3 Å². The molecule has 0 amide bonds. The van der Waals surface area contributed by atoms with Crippen LogP contribution in [0.1, 0.15) is 52.9 Å². The monoisotopic (exact) mass is 344 g/mol. The average Bonchev–Trinajstić information content (AvgIpc) is 2.76. The summed E-state index contributed by atoms with van der Waals surface area (Å²) in [5.41, 5.74) is -0.190. The molecule has 4 nitrogen and oxygen atoms in total. The molecule has 0 heterocycles. The van der Waals surface area contributed by atoms with E-state index in [-0.39, 0.29) is 22.7 Å². The van der Waals surface area contributed by atoms with Gasteiger partial charge < -0.3 is 10.2 Å². The lowest BCUT2D eigenvalue weighted by Gasteiger charge is -2.59. The van der Waals surface area contributed by atoms with Crippen LogP contribution in [0.25, 0.3) is 0 Å². The summed E-state index contributed by atoms with van der Waals surface area (Å²) >= 11 is 0. The Hall–Kier alpha value is -1.26. The van der Waals surface area contributed by atoms with Crippen LogP contribution >= 0.6 is 0 Å². The predicted octanol–water partition coefficient (Wildman–Crippen LogP) is 2.59. The molecule has 4 aliphatic rings. The van der Waals surface area contributed by atoms with Crippen molar-refractivity contribution in [2.75, 3.05) is 0 Å². The molecule has 4 rings (SSSR count). The largest absolute Gasteiger partial charge is 0.393 e. The molecule has 0 saturated heterocycles. The Bertz CT molecular complexity index is 703. The predicted molar refractivity (Wildman–Crippen MR) is 93.6 cm³/mol. The van der Waals surface area contributed by atoms with Gasteiger partial charge in [0.25, 0.3) is 0 Å². The maximum Gasteiger partial charge on any atom is 0.188 e.